The van der Waals surface area contributed by atoms with Gasteiger partial charge in [0.05, 0.1) is 11.7 Å². The smallest absolute Gasteiger partial charge is 0.263 e. The van der Waals surface area contributed by atoms with Crippen LogP contribution in [0.5, 0.6) is 0 Å². The minimum absolute atomic E-state index is 0.172. The molecular weight excluding hydrogens is 429 g/mol. The summed E-state index contributed by atoms with van der Waals surface area (Å²) in [4.78, 5) is 31.7. The van der Waals surface area contributed by atoms with Crippen LogP contribution < -0.4 is 10.9 Å². The minimum atomic E-state index is -0.375. The predicted molar refractivity (Wildman–Crippen MR) is 119 cm³/mol. The van der Waals surface area contributed by atoms with Crippen molar-refractivity contribution in [3.05, 3.63) is 80.1 Å². The van der Waals surface area contributed by atoms with E-state index in [9.17, 15) is 9.59 Å². The molecule has 0 fully saturated rings. The van der Waals surface area contributed by atoms with Crippen molar-refractivity contribution in [2.24, 2.45) is 0 Å². The van der Waals surface area contributed by atoms with Gasteiger partial charge in [0.1, 0.15) is 11.4 Å². The molecule has 146 valence electrons. The molecule has 2 aromatic carbocycles. The van der Waals surface area contributed by atoms with Crippen molar-refractivity contribution in [3.8, 4) is 11.1 Å². The summed E-state index contributed by atoms with van der Waals surface area (Å²) in [7, 11) is 0. The lowest BCUT2D eigenvalue weighted by Crippen LogP contribution is -2.27. The topological polar surface area (TPSA) is 64.0 Å². The largest absolute Gasteiger partial charge is 0.324 e. The zero-order valence-electron chi connectivity index (χ0n) is 15.3. The van der Waals surface area contributed by atoms with Gasteiger partial charge in [-0.1, -0.05) is 53.5 Å². The molecule has 0 aliphatic heterocycles. The molecule has 0 radical (unpaired) electrons. The van der Waals surface area contributed by atoms with Gasteiger partial charge in [-0.3, -0.25) is 14.2 Å². The molecule has 8 heteroatoms. The number of fused-ring (bicyclic) bond motifs is 1. The molecule has 0 atom stereocenters. The summed E-state index contributed by atoms with van der Waals surface area (Å²) in [5.41, 5.74) is 2.02. The number of hydrogen-bond acceptors (Lipinski definition) is 4. The van der Waals surface area contributed by atoms with Crippen LogP contribution in [0.3, 0.4) is 0 Å². The minimum Gasteiger partial charge on any atom is -0.324 e. The summed E-state index contributed by atoms with van der Waals surface area (Å²) in [6.45, 7) is 1.79. The summed E-state index contributed by atoms with van der Waals surface area (Å²) in [5.74, 6) is -0.375. The van der Waals surface area contributed by atoms with Crippen LogP contribution in [0.15, 0.2) is 59.7 Å². The fraction of sp³-hybridized carbons (Fsp3) is 0.0952. The lowest BCUT2D eigenvalue weighted by molar-refractivity contribution is -0.116. The Kier molecular flexibility index (Phi) is 5.41. The number of halogens is 2. The number of hydrogen-bond donors (Lipinski definition) is 1. The average Bonchev–Trinajstić information content (AvgIpc) is 3.00. The Morgan fingerprint density at radius 1 is 1.14 bits per heavy atom. The number of benzene rings is 2. The van der Waals surface area contributed by atoms with Gasteiger partial charge >= 0.3 is 0 Å². The Balaban J connectivity index is 1.69. The maximum Gasteiger partial charge on any atom is 0.263 e. The third-order valence-corrected chi connectivity index (χ3v) is 5.83. The average molecular weight is 444 g/mol. The van der Waals surface area contributed by atoms with Gasteiger partial charge in [-0.2, -0.15) is 0 Å². The highest BCUT2D eigenvalue weighted by atomic mass is 35.5. The molecule has 4 aromatic rings. The summed E-state index contributed by atoms with van der Waals surface area (Å²) < 4.78 is 1.31. The fourth-order valence-corrected chi connectivity index (χ4v) is 4.71. The van der Waals surface area contributed by atoms with Crippen molar-refractivity contribution < 1.29 is 4.79 Å². The number of rotatable bonds is 4. The van der Waals surface area contributed by atoms with Crippen LogP contribution in [-0.2, 0) is 11.3 Å². The van der Waals surface area contributed by atoms with Crippen molar-refractivity contribution in [2.75, 3.05) is 5.32 Å². The molecule has 1 N–H and O–H groups in total. The van der Waals surface area contributed by atoms with Gasteiger partial charge in [0.2, 0.25) is 5.91 Å². The predicted octanol–water partition coefficient (Wildman–Crippen LogP) is 5.38. The van der Waals surface area contributed by atoms with E-state index in [2.05, 4.69) is 10.3 Å². The number of nitrogens with one attached hydrogen (secondary N) is 1. The monoisotopic (exact) mass is 443 g/mol. The molecule has 4 rings (SSSR count). The maximum absolute atomic E-state index is 13.1. The van der Waals surface area contributed by atoms with Crippen LogP contribution >= 0.6 is 34.5 Å². The molecule has 0 saturated carbocycles. The molecule has 0 aliphatic rings. The van der Waals surface area contributed by atoms with Gasteiger partial charge in [0.25, 0.3) is 5.56 Å². The van der Waals surface area contributed by atoms with Crippen molar-refractivity contribution >= 4 is 56.3 Å². The Bertz CT molecular complexity index is 1260. The van der Waals surface area contributed by atoms with Crippen LogP contribution in [0.4, 0.5) is 5.69 Å². The quantitative estimate of drug-likeness (QED) is 0.460. The second-order valence-electron chi connectivity index (χ2n) is 6.46. The van der Waals surface area contributed by atoms with Crippen molar-refractivity contribution in [1.29, 1.82) is 0 Å². The number of nitrogens with zero attached hydrogens (tertiary/aromatic N) is 2. The number of carbonyl (C=O) groups excluding carboxylic acids is 1. The highest BCUT2D eigenvalue weighted by molar-refractivity contribution is 7.19. The van der Waals surface area contributed by atoms with Gasteiger partial charge < -0.3 is 5.32 Å². The summed E-state index contributed by atoms with van der Waals surface area (Å²) in [6.07, 6.45) is 1.40. The highest BCUT2D eigenvalue weighted by Crippen LogP contribution is 2.35. The normalized spacial score (nSPS) is 11.0. The molecule has 0 aliphatic carbocycles. The van der Waals surface area contributed by atoms with Crippen LogP contribution in [-0.4, -0.2) is 15.5 Å². The molecule has 0 spiro atoms. The van der Waals surface area contributed by atoms with Crippen LogP contribution in [0.25, 0.3) is 21.3 Å². The Morgan fingerprint density at radius 2 is 1.83 bits per heavy atom. The van der Waals surface area contributed by atoms with Crippen molar-refractivity contribution in [1.82, 2.24) is 9.55 Å². The van der Waals surface area contributed by atoms with E-state index in [-0.39, 0.29) is 18.0 Å². The lowest BCUT2D eigenvalue weighted by atomic mass is 10.0. The van der Waals surface area contributed by atoms with Crippen LogP contribution in [0.2, 0.25) is 10.0 Å². The Morgan fingerprint density at radius 3 is 2.52 bits per heavy atom. The van der Waals surface area contributed by atoms with Gasteiger partial charge in [0, 0.05) is 26.2 Å². The van der Waals surface area contributed by atoms with E-state index in [4.69, 9.17) is 23.2 Å². The van der Waals surface area contributed by atoms with E-state index in [0.717, 1.165) is 16.0 Å². The van der Waals surface area contributed by atoms with E-state index in [1.165, 1.54) is 22.2 Å². The SMILES string of the molecule is Cc1sc2ncn(CC(=O)Nc3cc(Cl)cc(Cl)c3)c(=O)c2c1-c1ccccc1. The van der Waals surface area contributed by atoms with Crippen molar-refractivity contribution in [2.45, 2.75) is 13.5 Å². The molecular formula is C21H15Cl2N3O2S. The molecule has 2 aromatic heterocycles. The molecule has 29 heavy (non-hydrogen) atoms. The third kappa shape index (κ3) is 4.05. The molecule has 1 amide bonds. The van der Waals surface area contributed by atoms with Gasteiger partial charge in [-0.05, 0) is 30.7 Å². The first kappa shape index (κ1) is 19.6. The van der Waals surface area contributed by atoms with Crippen molar-refractivity contribution in [3.63, 3.8) is 0 Å². The number of anilines is 1. The first-order valence-electron chi connectivity index (χ1n) is 8.72. The molecule has 0 bridgehead atoms. The Hall–Kier alpha value is -2.67. The summed E-state index contributed by atoms with van der Waals surface area (Å²) in [5, 5.41) is 4.06. The number of amides is 1. The number of aryl methyl sites for hydroxylation is 1. The van der Waals surface area contributed by atoms with E-state index >= 15 is 0 Å². The van der Waals surface area contributed by atoms with Gasteiger partial charge in [0.15, 0.2) is 0 Å². The molecule has 2 heterocycles. The van der Waals surface area contributed by atoms with Gasteiger partial charge in [-0.25, -0.2) is 4.98 Å². The third-order valence-electron chi connectivity index (χ3n) is 4.38. The first-order chi connectivity index (χ1) is 13.9. The second-order valence-corrected chi connectivity index (χ2v) is 8.54. The fourth-order valence-electron chi connectivity index (χ4n) is 3.18. The first-order valence-corrected chi connectivity index (χ1v) is 10.3. The van der Waals surface area contributed by atoms with Crippen LogP contribution in [0.1, 0.15) is 4.88 Å². The van der Waals surface area contributed by atoms with Crippen LogP contribution in [0, 0.1) is 6.92 Å². The number of thiophene rings is 1. The Labute approximate surface area is 180 Å². The number of aromatic nitrogens is 2. The zero-order valence-corrected chi connectivity index (χ0v) is 17.6. The summed E-state index contributed by atoms with van der Waals surface area (Å²) >= 11 is 13.4. The van der Waals surface area contributed by atoms with Gasteiger partial charge in [-0.15, -0.1) is 11.3 Å². The lowest BCUT2D eigenvalue weighted by Gasteiger charge is -2.09. The standard InChI is InChI=1S/C21H15Cl2N3O2S/c1-12-18(13-5-3-2-4-6-13)19-20(29-12)24-11-26(21(19)28)10-17(27)25-16-8-14(22)7-15(23)9-16/h2-9,11H,10H2,1H3,(H,25,27). The maximum atomic E-state index is 13.1. The second kappa shape index (κ2) is 7.99. The molecule has 5 nitrogen and oxygen atoms in total. The highest BCUT2D eigenvalue weighted by Gasteiger charge is 2.17. The summed E-state index contributed by atoms with van der Waals surface area (Å²) in [6, 6.07) is 14.5. The number of carbonyl (C=O) groups is 1. The zero-order chi connectivity index (χ0) is 20.5. The van der Waals surface area contributed by atoms with E-state index in [1.54, 1.807) is 18.2 Å². The van der Waals surface area contributed by atoms with E-state index in [1.807, 2.05) is 37.3 Å². The molecule has 0 saturated heterocycles. The van der Waals surface area contributed by atoms with E-state index in [0.29, 0.717) is 25.9 Å². The molecule has 0 unspecified atom stereocenters. The van der Waals surface area contributed by atoms with E-state index < -0.39 is 0 Å².